The third kappa shape index (κ3) is 3.11. The molecule has 1 amide bonds. The number of nitrogens with zero attached hydrogens (tertiary/aromatic N) is 4. The Kier molecular flexibility index (Phi) is 4.60. The summed E-state index contributed by atoms with van der Waals surface area (Å²) in [5.74, 6) is -0.214. The number of fused-ring (bicyclic) bond motifs is 1. The fraction of sp³-hybridized carbons (Fsp3) is 0.261. The van der Waals surface area contributed by atoms with Gasteiger partial charge in [0, 0.05) is 18.7 Å². The summed E-state index contributed by atoms with van der Waals surface area (Å²) in [6.45, 7) is 0. The van der Waals surface area contributed by atoms with Crippen molar-refractivity contribution in [2.24, 2.45) is 5.41 Å². The van der Waals surface area contributed by atoms with E-state index in [1.165, 1.54) is 5.01 Å². The lowest BCUT2D eigenvalue weighted by Gasteiger charge is -2.20. The Bertz CT molecular complexity index is 1220. The maximum absolute atomic E-state index is 13.7. The maximum Gasteiger partial charge on any atom is 0.301 e. The molecule has 1 aliphatic carbocycles. The van der Waals surface area contributed by atoms with Gasteiger partial charge in [-0.25, -0.2) is 4.98 Å². The lowest BCUT2D eigenvalue weighted by Crippen LogP contribution is -2.37. The van der Waals surface area contributed by atoms with E-state index in [4.69, 9.17) is 16.9 Å². The van der Waals surface area contributed by atoms with E-state index in [0.717, 1.165) is 22.5 Å². The topological polar surface area (TPSA) is 92.9 Å². The first-order chi connectivity index (χ1) is 15.0. The number of pyridine rings is 1. The van der Waals surface area contributed by atoms with Crippen molar-refractivity contribution in [2.75, 3.05) is 5.01 Å². The smallest absolute Gasteiger partial charge is 0.301 e. The quantitative estimate of drug-likeness (QED) is 0.487. The average molecular weight is 433 g/mol. The highest BCUT2D eigenvalue weighted by molar-refractivity contribution is 6.29. The second-order valence-corrected chi connectivity index (χ2v) is 8.47. The number of rotatable bonds is 4. The number of benzene rings is 1. The third-order valence-corrected chi connectivity index (χ3v) is 6.51. The molecule has 2 aromatic heterocycles. The van der Waals surface area contributed by atoms with Gasteiger partial charge in [0.05, 0.1) is 27.9 Å². The van der Waals surface area contributed by atoms with Crippen LogP contribution in [0, 0.1) is 21.7 Å². The first kappa shape index (κ1) is 19.5. The van der Waals surface area contributed by atoms with Gasteiger partial charge in [0.1, 0.15) is 21.1 Å². The van der Waals surface area contributed by atoms with Crippen LogP contribution in [0.4, 0.5) is 5.69 Å². The van der Waals surface area contributed by atoms with Crippen molar-refractivity contribution in [2.45, 2.75) is 31.7 Å². The van der Waals surface area contributed by atoms with Crippen LogP contribution in [-0.2, 0) is 11.2 Å². The molecule has 2 unspecified atom stereocenters. The molecule has 0 radical (unpaired) electrons. The van der Waals surface area contributed by atoms with Crippen LogP contribution in [0.2, 0.25) is 5.15 Å². The van der Waals surface area contributed by atoms with Crippen LogP contribution in [-0.4, -0.2) is 26.8 Å². The Morgan fingerprint density at radius 1 is 1.29 bits per heavy atom. The van der Waals surface area contributed by atoms with Crippen LogP contribution in [0.5, 0.6) is 0 Å². The lowest BCUT2D eigenvalue weighted by molar-refractivity contribution is -0.580. The number of amides is 1. The molecule has 154 valence electrons. The zero-order valence-electron chi connectivity index (χ0n) is 16.6. The summed E-state index contributed by atoms with van der Waals surface area (Å²) in [7, 11) is 0. The predicted molar refractivity (Wildman–Crippen MR) is 115 cm³/mol. The summed E-state index contributed by atoms with van der Waals surface area (Å²) in [6.07, 6.45) is 4.36. The monoisotopic (exact) mass is 432 g/mol. The van der Waals surface area contributed by atoms with Crippen molar-refractivity contribution in [3.8, 4) is 17.5 Å². The zero-order chi connectivity index (χ0) is 21.6. The summed E-state index contributed by atoms with van der Waals surface area (Å²) in [5, 5.41) is 10.5. The SMILES string of the molecule is N#Cc1ccc(CC23CCCC2[N+](=O)N(c2cc(Cl)nc(-c4ccc[nH]4)c2)C3=O)cc1. The van der Waals surface area contributed by atoms with Crippen LogP contribution in [0.3, 0.4) is 0 Å². The first-order valence-electron chi connectivity index (χ1n) is 10.1. The molecule has 1 aromatic carbocycles. The highest BCUT2D eigenvalue weighted by Gasteiger charge is 2.68. The second kappa shape index (κ2) is 7.33. The molecule has 1 aliphatic heterocycles. The minimum Gasteiger partial charge on any atom is -0.360 e. The van der Waals surface area contributed by atoms with Crippen molar-refractivity contribution in [1.82, 2.24) is 9.97 Å². The molecule has 1 saturated carbocycles. The van der Waals surface area contributed by atoms with Gasteiger partial charge >= 0.3 is 5.91 Å². The number of hydrogen-bond donors (Lipinski definition) is 1. The highest BCUT2D eigenvalue weighted by atomic mass is 35.5. The van der Waals surface area contributed by atoms with Crippen molar-refractivity contribution < 1.29 is 9.66 Å². The predicted octanol–water partition coefficient (Wildman–Crippen LogP) is 4.42. The Labute approximate surface area is 183 Å². The summed E-state index contributed by atoms with van der Waals surface area (Å²) in [5.41, 5.74) is 2.44. The number of hydrogen-bond acceptors (Lipinski definition) is 4. The number of anilines is 1. The highest BCUT2D eigenvalue weighted by Crippen LogP contribution is 2.50. The second-order valence-electron chi connectivity index (χ2n) is 8.09. The number of nitroso groups, excluding NO2 is 1. The van der Waals surface area contributed by atoms with Crippen LogP contribution in [0.25, 0.3) is 11.4 Å². The van der Waals surface area contributed by atoms with Crippen molar-refractivity contribution in [3.05, 3.63) is 75.9 Å². The number of nitrogens with one attached hydrogen (secondary N) is 1. The fourth-order valence-corrected chi connectivity index (χ4v) is 5.08. The molecule has 3 aromatic rings. The van der Waals surface area contributed by atoms with E-state index >= 15 is 0 Å². The lowest BCUT2D eigenvalue weighted by atomic mass is 9.77. The molecule has 1 N–H and O–H groups in total. The van der Waals surface area contributed by atoms with Crippen LogP contribution >= 0.6 is 11.6 Å². The Balaban J connectivity index is 1.53. The summed E-state index contributed by atoms with van der Waals surface area (Å²) < 4.78 is 0. The zero-order valence-corrected chi connectivity index (χ0v) is 17.3. The number of aromatic amines is 1. The number of hydrazine groups is 1. The molecule has 7 nitrogen and oxygen atoms in total. The maximum atomic E-state index is 13.7. The minimum atomic E-state index is -0.793. The van der Waals surface area contributed by atoms with Crippen molar-refractivity contribution in [3.63, 3.8) is 0 Å². The first-order valence-corrected chi connectivity index (χ1v) is 10.5. The molecule has 2 aliphatic rings. The molecule has 2 fully saturated rings. The van der Waals surface area contributed by atoms with Crippen molar-refractivity contribution >= 4 is 23.2 Å². The molecule has 3 heterocycles. The number of nitriles is 1. The van der Waals surface area contributed by atoms with Gasteiger partial charge in [0.2, 0.25) is 6.04 Å². The molecule has 31 heavy (non-hydrogen) atoms. The molecular formula is C23H19ClN5O2+. The molecule has 1 saturated heterocycles. The minimum absolute atomic E-state index is 0.210. The van der Waals surface area contributed by atoms with E-state index in [1.54, 1.807) is 30.5 Å². The number of aromatic nitrogens is 2. The van der Waals surface area contributed by atoms with Crippen molar-refractivity contribution in [1.29, 1.82) is 5.26 Å². The van der Waals surface area contributed by atoms with Crippen LogP contribution in [0.1, 0.15) is 30.4 Å². The summed E-state index contributed by atoms with van der Waals surface area (Å²) in [6, 6.07) is 15.8. The Morgan fingerprint density at radius 3 is 2.81 bits per heavy atom. The molecule has 0 spiro atoms. The van der Waals surface area contributed by atoms with Gasteiger partial charge in [-0.15, -0.1) is 0 Å². The normalized spacial score (nSPS) is 22.6. The summed E-state index contributed by atoms with van der Waals surface area (Å²) in [4.78, 5) is 35.2. The van der Waals surface area contributed by atoms with E-state index in [-0.39, 0.29) is 11.1 Å². The average Bonchev–Trinajstić information content (AvgIpc) is 3.48. The van der Waals surface area contributed by atoms with Crippen LogP contribution < -0.4 is 5.01 Å². The van der Waals surface area contributed by atoms with Gasteiger partial charge < -0.3 is 4.98 Å². The van der Waals surface area contributed by atoms with Gasteiger partial charge in [0.25, 0.3) is 0 Å². The van der Waals surface area contributed by atoms with Gasteiger partial charge in [0.15, 0.2) is 0 Å². The van der Waals surface area contributed by atoms with E-state index in [1.807, 2.05) is 24.3 Å². The van der Waals surface area contributed by atoms with Gasteiger partial charge in [-0.3, -0.25) is 4.79 Å². The van der Waals surface area contributed by atoms with E-state index in [2.05, 4.69) is 16.0 Å². The van der Waals surface area contributed by atoms with E-state index in [9.17, 15) is 9.70 Å². The number of H-pyrrole nitrogens is 1. The largest absolute Gasteiger partial charge is 0.360 e. The Morgan fingerprint density at radius 2 is 2.10 bits per heavy atom. The molecule has 5 rings (SSSR count). The van der Waals surface area contributed by atoms with E-state index < -0.39 is 11.5 Å². The fourth-order valence-electron chi connectivity index (χ4n) is 4.87. The third-order valence-electron chi connectivity index (χ3n) is 6.32. The van der Waals surface area contributed by atoms with E-state index in [0.29, 0.717) is 36.2 Å². The number of carbonyl (C=O) groups is 1. The number of halogens is 1. The Hall–Kier alpha value is -3.50. The molecule has 2 atom stereocenters. The van der Waals surface area contributed by atoms with Crippen LogP contribution in [0.15, 0.2) is 54.7 Å². The summed E-state index contributed by atoms with van der Waals surface area (Å²) >= 11 is 6.24. The standard InChI is InChI=1S/C23H19ClN5O2/c24-21-12-17(11-19(27-21)18-3-2-10-26-18)28-22(30)23(9-1-4-20(23)29(28)31)13-15-5-7-16(14-25)8-6-15/h2-3,5-8,10-12,20,26H,1,4,9,13H2/q+1. The van der Waals surface area contributed by atoms with Gasteiger partial charge in [-0.2, -0.15) is 5.26 Å². The molecular weight excluding hydrogens is 414 g/mol. The van der Waals surface area contributed by atoms with Gasteiger partial charge in [-0.1, -0.05) is 23.7 Å². The number of carbonyl (C=O) groups excluding carboxylic acids is 1. The molecule has 8 heteroatoms. The van der Waals surface area contributed by atoms with Gasteiger partial charge in [-0.05, 0) is 60.2 Å². The molecule has 0 bridgehead atoms.